The lowest BCUT2D eigenvalue weighted by atomic mass is 9.71. The zero-order valence-corrected chi connectivity index (χ0v) is 25.7. The van der Waals surface area contributed by atoms with Crippen molar-refractivity contribution in [3.05, 3.63) is 181 Å². The fourth-order valence-electron chi connectivity index (χ4n) is 7.68. The van der Waals surface area contributed by atoms with Crippen molar-refractivity contribution < 1.29 is 4.74 Å². The minimum absolute atomic E-state index is 0.255. The summed E-state index contributed by atoms with van der Waals surface area (Å²) in [6, 6.07) is 54.8. The first-order chi connectivity index (χ1) is 22.7. The van der Waals surface area contributed by atoms with Crippen LogP contribution >= 0.6 is 0 Å². The molecule has 46 heavy (non-hydrogen) atoms. The monoisotopic (exact) mass is 588 g/mol. The first-order valence-corrected chi connectivity index (χ1v) is 16.1. The zero-order valence-electron chi connectivity index (χ0n) is 25.7. The largest absolute Gasteiger partial charge is 0.460 e. The summed E-state index contributed by atoms with van der Waals surface area (Å²) in [5.74, 6) is 1.99. The van der Waals surface area contributed by atoms with Gasteiger partial charge in [0.2, 0.25) is 0 Å². The van der Waals surface area contributed by atoms with E-state index >= 15 is 0 Å². The molecule has 7 aromatic rings. The molecule has 0 spiro atoms. The number of hydrogen-bond donors (Lipinski definition) is 0. The fraction of sp³-hybridized carbons (Fsp3) is 0.0667. The van der Waals surface area contributed by atoms with Crippen LogP contribution in [0.25, 0.3) is 60.5 Å². The molecule has 1 aliphatic carbocycles. The Kier molecular flexibility index (Phi) is 6.08. The molecule has 218 valence electrons. The lowest BCUT2D eigenvalue weighted by Gasteiger charge is -2.30. The van der Waals surface area contributed by atoms with Crippen molar-refractivity contribution in [1.29, 1.82) is 0 Å². The maximum Gasteiger partial charge on any atom is 0.131 e. The molecular weight excluding hydrogens is 556 g/mol. The Morgan fingerprint density at radius 1 is 0.457 bits per heavy atom. The van der Waals surface area contributed by atoms with Gasteiger partial charge in [-0.2, -0.15) is 0 Å². The fourth-order valence-corrected chi connectivity index (χ4v) is 7.68. The first-order valence-electron chi connectivity index (χ1n) is 16.1. The maximum absolute atomic E-state index is 6.51. The molecule has 1 heterocycles. The molecule has 0 bridgehead atoms. The highest BCUT2D eigenvalue weighted by Crippen LogP contribution is 2.54. The first kappa shape index (κ1) is 26.7. The van der Waals surface area contributed by atoms with Gasteiger partial charge in [-0.1, -0.05) is 140 Å². The van der Waals surface area contributed by atoms with Crippen LogP contribution in [0.5, 0.6) is 5.75 Å². The van der Waals surface area contributed by atoms with E-state index in [0.717, 1.165) is 17.9 Å². The zero-order chi connectivity index (χ0) is 30.7. The van der Waals surface area contributed by atoms with Gasteiger partial charge in [-0.05, 0) is 104 Å². The minimum Gasteiger partial charge on any atom is -0.460 e. The molecule has 1 atom stereocenters. The van der Waals surface area contributed by atoms with Crippen LogP contribution < -0.4 is 4.74 Å². The molecule has 9 rings (SSSR count). The summed E-state index contributed by atoms with van der Waals surface area (Å²) in [5, 5.41) is 5.11. The molecule has 2 aliphatic rings. The van der Waals surface area contributed by atoms with Gasteiger partial charge in [-0.15, -0.1) is 0 Å². The second kappa shape index (κ2) is 10.5. The topological polar surface area (TPSA) is 9.23 Å². The van der Waals surface area contributed by atoms with E-state index in [-0.39, 0.29) is 5.41 Å². The number of rotatable bonds is 4. The lowest BCUT2D eigenvalue weighted by molar-refractivity contribution is 0.379. The van der Waals surface area contributed by atoms with E-state index in [2.05, 4.69) is 171 Å². The second-order valence-corrected chi connectivity index (χ2v) is 12.7. The molecule has 0 saturated heterocycles. The highest BCUT2D eigenvalue weighted by Gasteiger charge is 2.44. The third-order valence-electron chi connectivity index (χ3n) is 9.94. The summed E-state index contributed by atoms with van der Waals surface area (Å²) in [7, 11) is 0. The Labute approximate surface area is 269 Å². The molecule has 0 amide bonds. The molecule has 7 aromatic carbocycles. The molecule has 1 aliphatic heterocycles. The Morgan fingerprint density at radius 3 is 1.61 bits per heavy atom. The number of benzene rings is 7. The molecule has 0 N–H and O–H groups in total. The average Bonchev–Trinajstić information content (AvgIpc) is 3.42. The van der Waals surface area contributed by atoms with E-state index in [0.29, 0.717) is 0 Å². The van der Waals surface area contributed by atoms with Gasteiger partial charge in [0.1, 0.15) is 11.5 Å². The van der Waals surface area contributed by atoms with Crippen molar-refractivity contribution in [1.82, 2.24) is 0 Å². The SMILES string of the molecule is CC12CC(c3c4ccccc4c(-c4cccc(-c5ccccc5)c4)c4ccccc34)=CC=C1Oc1ccc(-c3ccccc3)cc12. The summed E-state index contributed by atoms with van der Waals surface area (Å²) >= 11 is 0. The van der Waals surface area contributed by atoms with E-state index < -0.39 is 0 Å². The van der Waals surface area contributed by atoms with E-state index in [4.69, 9.17) is 4.74 Å². The van der Waals surface area contributed by atoms with Crippen molar-refractivity contribution in [3.8, 4) is 39.1 Å². The molecule has 0 radical (unpaired) electrons. The predicted octanol–water partition coefficient (Wildman–Crippen LogP) is 12.0. The average molecular weight is 589 g/mol. The van der Waals surface area contributed by atoms with Gasteiger partial charge >= 0.3 is 0 Å². The van der Waals surface area contributed by atoms with Crippen molar-refractivity contribution in [3.63, 3.8) is 0 Å². The molecular formula is C45H32O. The number of ether oxygens (including phenoxy) is 1. The van der Waals surface area contributed by atoms with Gasteiger partial charge < -0.3 is 4.74 Å². The van der Waals surface area contributed by atoms with E-state index in [1.807, 2.05) is 0 Å². The van der Waals surface area contributed by atoms with Crippen LogP contribution in [0.3, 0.4) is 0 Å². The van der Waals surface area contributed by atoms with E-state index in [1.54, 1.807) is 0 Å². The van der Waals surface area contributed by atoms with Gasteiger partial charge in [0.25, 0.3) is 0 Å². The van der Waals surface area contributed by atoms with Gasteiger partial charge in [-0.3, -0.25) is 0 Å². The van der Waals surface area contributed by atoms with Gasteiger partial charge in [0.05, 0.1) is 5.41 Å². The standard InChI is InChI=1S/C45H32O/c1-45-29-35(24-26-42(45)46-41-25-23-33(28-40(41)45)31-15-6-3-7-16-31)44-38-21-10-8-19-36(38)43(37-20-9-11-22-39(37)44)34-18-12-17-32(27-34)30-13-4-2-5-14-30/h2-28H,29H2,1H3. The van der Waals surface area contributed by atoms with Crippen molar-refractivity contribution in [2.75, 3.05) is 0 Å². The normalized spacial score (nSPS) is 16.8. The van der Waals surface area contributed by atoms with Crippen LogP contribution in [-0.2, 0) is 5.41 Å². The van der Waals surface area contributed by atoms with Gasteiger partial charge in [-0.25, -0.2) is 0 Å². The Bertz CT molecular complexity index is 2300. The van der Waals surface area contributed by atoms with Crippen LogP contribution in [0.4, 0.5) is 0 Å². The minimum atomic E-state index is -0.255. The van der Waals surface area contributed by atoms with Crippen LogP contribution in [0.15, 0.2) is 170 Å². The van der Waals surface area contributed by atoms with E-state index in [9.17, 15) is 0 Å². The molecule has 0 aromatic heterocycles. The summed E-state index contributed by atoms with van der Waals surface area (Å²) in [6.07, 6.45) is 5.37. The van der Waals surface area contributed by atoms with Crippen molar-refractivity contribution >= 4 is 27.1 Å². The molecule has 1 unspecified atom stereocenters. The number of fused-ring (bicyclic) bond motifs is 5. The summed E-state index contributed by atoms with van der Waals surface area (Å²) < 4.78 is 6.51. The number of allylic oxidation sites excluding steroid dienone is 4. The summed E-state index contributed by atoms with van der Waals surface area (Å²) in [5.41, 5.74) is 11.1. The van der Waals surface area contributed by atoms with Crippen LogP contribution in [0.2, 0.25) is 0 Å². The second-order valence-electron chi connectivity index (χ2n) is 12.7. The van der Waals surface area contributed by atoms with Crippen molar-refractivity contribution in [2.24, 2.45) is 0 Å². The Morgan fingerprint density at radius 2 is 0.978 bits per heavy atom. The highest BCUT2D eigenvalue weighted by molar-refractivity contribution is 6.19. The quantitative estimate of drug-likeness (QED) is 0.186. The molecule has 1 nitrogen and oxygen atoms in total. The lowest BCUT2D eigenvalue weighted by Crippen LogP contribution is -2.24. The Hall–Kier alpha value is -5.66. The third-order valence-corrected chi connectivity index (χ3v) is 9.94. The van der Waals surface area contributed by atoms with Crippen LogP contribution in [-0.4, -0.2) is 0 Å². The third kappa shape index (κ3) is 4.16. The van der Waals surface area contributed by atoms with Gasteiger partial charge in [0.15, 0.2) is 0 Å². The smallest absolute Gasteiger partial charge is 0.131 e. The predicted molar refractivity (Wildman–Crippen MR) is 193 cm³/mol. The highest BCUT2D eigenvalue weighted by atomic mass is 16.5. The Balaban J connectivity index is 1.22. The van der Waals surface area contributed by atoms with Gasteiger partial charge in [0, 0.05) is 5.56 Å². The number of hydrogen-bond acceptors (Lipinski definition) is 1. The van der Waals surface area contributed by atoms with E-state index in [1.165, 1.54) is 71.6 Å². The van der Waals surface area contributed by atoms with Crippen LogP contribution in [0, 0.1) is 0 Å². The van der Waals surface area contributed by atoms with Crippen molar-refractivity contribution in [2.45, 2.75) is 18.8 Å². The summed E-state index contributed by atoms with van der Waals surface area (Å²) in [4.78, 5) is 0. The molecule has 0 fully saturated rings. The van der Waals surface area contributed by atoms with Crippen LogP contribution in [0.1, 0.15) is 24.5 Å². The molecule has 1 heteroatoms. The maximum atomic E-state index is 6.51. The molecule has 0 saturated carbocycles. The summed E-state index contributed by atoms with van der Waals surface area (Å²) in [6.45, 7) is 2.35.